The van der Waals surface area contributed by atoms with Crippen LogP contribution in [0, 0.1) is 6.92 Å². The molecule has 0 saturated carbocycles. The highest BCUT2D eigenvalue weighted by molar-refractivity contribution is 7.89. The van der Waals surface area contributed by atoms with Crippen LogP contribution in [0.1, 0.15) is 23.6 Å². The molecule has 0 spiro atoms. The maximum atomic E-state index is 13.9. The second-order valence-electron chi connectivity index (χ2n) is 5.65. The average molecular weight is 319 g/mol. The standard InChI is InChI=1S/C17H18FNO2S/c1-13-7-9-16(10-8-13)22(20,21)19-12-15(18)11-17(19)14-5-3-2-4-6-14/h2-10,15,17H,11-12H2,1H3. The minimum absolute atomic E-state index is 0.0875. The molecule has 1 fully saturated rings. The Morgan fingerprint density at radius 3 is 2.32 bits per heavy atom. The number of nitrogens with zero attached hydrogens (tertiary/aromatic N) is 1. The van der Waals surface area contributed by atoms with Crippen LogP contribution in [-0.4, -0.2) is 25.4 Å². The Bertz CT molecular complexity index is 744. The monoisotopic (exact) mass is 319 g/mol. The third-order valence-corrected chi connectivity index (χ3v) is 5.91. The van der Waals surface area contributed by atoms with Crippen molar-refractivity contribution in [1.82, 2.24) is 4.31 Å². The first-order valence-electron chi connectivity index (χ1n) is 7.26. The summed E-state index contributed by atoms with van der Waals surface area (Å²) in [6.07, 6.45) is -0.930. The first-order valence-corrected chi connectivity index (χ1v) is 8.70. The number of hydrogen-bond acceptors (Lipinski definition) is 2. The van der Waals surface area contributed by atoms with E-state index in [0.717, 1.165) is 11.1 Å². The lowest BCUT2D eigenvalue weighted by molar-refractivity contribution is 0.342. The largest absolute Gasteiger partial charge is 0.246 e. The fraction of sp³-hybridized carbons (Fsp3) is 0.294. The lowest BCUT2D eigenvalue weighted by Gasteiger charge is -2.24. The molecule has 0 aromatic heterocycles. The Morgan fingerprint density at radius 1 is 1.05 bits per heavy atom. The van der Waals surface area contributed by atoms with Gasteiger partial charge < -0.3 is 0 Å². The van der Waals surface area contributed by atoms with E-state index in [0.29, 0.717) is 0 Å². The van der Waals surface area contributed by atoms with E-state index in [1.165, 1.54) is 4.31 Å². The summed E-state index contributed by atoms with van der Waals surface area (Å²) in [7, 11) is -3.69. The van der Waals surface area contributed by atoms with E-state index in [1.807, 2.05) is 37.3 Å². The number of aryl methyl sites for hydroxylation is 1. The lowest BCUT2D eigenvalue weighted by Crippen LogP contribution is -2.31. The number of sulfonamides is 1. The van der Waals surface area contributed by atoms with Crippen LogP contribution < -0.4 is 0 Å². The van der Waals surface area contributed by atoms with E-state index in [-0.39, 0.29) is 17.9 Å². The van der Waals surface area contributed by atoms with Gasteiger partial charge in [0.1, 0.15) is 6.17 Å². The molecule has 1 saturated heterocycles. The Hall–Kier alpha value is -1.72. The molecule has 2 aromatic carbocycles. The third kappa shape index (κ3) is 2.78. The van der Waals surface area contributed by atoms with Gasteiger partial charge in [-0.3, -0.25) is 0 Å². The molecule has 0 bridgehead atoms. The van der Waals surface area contributed by atoms with Crippen molar-refractivity contribution < 1.29 is 12.8 Å². The minimum Gasteiger partial charge on any atom is -0.246 e. The van der Waals surface area contributed by atoms with Crippen molar-refractivity contribution in [1.29, 1.82) is 0 Å². The van der Waals surface area contributed by atoms with Gasteiger partial charge in [0.25, 0.3) is 0 Å². The molecule has 1 heterocycles. The highest BCUT2D eigenvalue weighted by atomic mass is 32.2. The molecule has 0 radical (unpaired) electrons. The predicted octanol–water partition coefficient (Wildman–Crippen LogP) is 3.47. The van der Waals surface area contributed by atoms with E-state index in [1.54, 1.807) is 24.3 Å². The highest BCUT2D eigenvalue weighted by Gasteiger charge is 2.41. The molecule has 0 aliphatic carbocycles. The van der Waals surface area contributed by atoms with Crippen LogP contribution in [-0.2, 0) is 10.0 Å². The minimum atomic E-state index is -3.69. The molecule has 2 atom stereocenters. The van der Waals surface area contributed by atoms with Gasteiger partial charge in [-0.05, 0) is 24.6 Å². The van der Waals surface area contributed by atoms with E-state index < -0.39 is 22.2 Å². The number of rotatable bonds is 3. The second kappa shape index (κ2) is 5.82. The zero-order valence-electron chi connectivity index (χ0n) is 12.3. The molecular weight excluding hydrogens is 301 g/mol. The van der Waals surface area contributed by atoms with Gasteiger partial charge in [0.05, 0.1) is 10.9 Å². The first kappa shape index (κ1) is 15.2. The van der Waals surface area contributed by atoms with Crippen molar-refractivity contribution in [2.45, 2.75) is 30.5 Å². The molecule has 1 aliphatic rings. The molecule has 5 heteroatoms. The summed E-state index contributed by atoms with van der Waals surface area (Å²) in [4.78, 5) is 0.216. The molecule has 3 nitrogen and oxygen atoms in total. The van der Waals surface area contributed by atoms with Gasteiger partial charge in [-0.1, -0.05) is 48.0 Å². The van der Waals surface area contributed by atoms with Crippen LogP contribution in [0.5, 0.6) is 0 Å². The Kier molecular flexibility index (Phi) is 4.02. The molecule has 116 valence electrons. The third-order valence-electron chi connectivity index (χ3n) is 4.02. The summed E-state index contributed by atoms with van der Waals surface area (Å²) < 4.78 is 40.9. The highest BCUT2D eigenvalue weighted by Crippen LogP contribution is 2.37. The van der Waals surface area contributed by atoms with Crippen molar-refractivity contribution in [3.8, 4) is 0 Å². The summed E-state index contributed by atoms with van der Waals surface area (Å²) in [6.45, 7) is 1.81. The van der Waals surface area contributed by atoms with E-state index in [2.05, 4.69) is 0 Å². The number of halogens is 1. The first-order chi connectivity index (χ1) is 10.5. The fourth-order valence-electron chi connectivity index (χ4n) is 2.85. The SMILES string of the molecule is Cc1ccc(S(=O)(=O)N2CC(F)CC2c2ccccc2)cc1. The van der Waals surface area contributed by atoms with Crippen molar-refractivity contribution in [2.75, 3.05) is 6.54 Å². The van der Waals surface area contributed by atoms with Gasteiger partial charge in [0.15, 0.2) is 0 Å². The van der Waals surface area contributed by atoms with Crippen LogP contribution >= 0.6 is 0 Å². The Balaban J connectivity index is 1.99. The van der Waals surface area contributed by atoms with E-state index in [4.69, 9.17) is 0 Å². The second-order valence-corrected chi connectivity index (χ2v) is 7.54. The zero-order valence-corrected chi connectivity index (χ0v) is 13.1. The Morgan fingerprint density at radius 2 is 1.68 bits per heavy atom. The van der Waals surface area contributed by atoms with Crippen LogP contribution in [0.4, 0.5) is 4.39 Å². The van der Waals surface area contributed by atoms with Crippen LogP contribution in [0.15, 0.2) is 59.5 Å². The number of alkyl halides is 1. The van der Waals surface area contributed by atoms with Crippen molar-refractivity contribution in [3.05, 3.63) is 65.7 Å². The number of hydrogen-bond donors (Lipinski definition) is 0. The number of benzene rings is 2. The van der Waals surface area contributed by atoms with Crippen LogP contribution in [0.3, 0.4) is 0 Å². The van der Waals surface area contributed by atoms with Crippen molar-refractivity contribution in [3.63, 3.8) is 0 Å². The smallest absolute Gasteiger partial charge is 0.243 e. The molecule has 0 amide bonds. The molecule has 3 rings (SSSR count). The maximum Gasteiger partial charge on any atom is 0.243 e. The van der Waals surface area contributed by atoms with Gasteiger partial charge >= 0.3 is 0 Å². The summed E-state index contributed by atoms with van der Waals surface area (Å²) in [5.74, 6) is 0. The quantitative estimate of drug-likeness (QED) is 0.869. The van der Waals surface area contributed by atoms with Gasteiger partial charge in [0.2, 0.25) is 10.0 Å². The summed E-state index contributed by atoms with van der Waals surface area (Å²) in [5, 5.41) is 0. The lowest BCUT2D eigenvalue weighted by atomic mass is 10.1. The predicted molar refractivity (Wildman–Crippen MR) is 83.8 cm³/mol. The van der Waals surface area contributed by atoms with Gasteiger partial charge in [-0.2, -0.15) is 4.31 Å². The van der Waals surface area contributed by atoms with Crippen molar-refractivity contribution in [2.24, 2.45) is 0 Å². The summed E-state index contributed by atoms with van der Waals surface area (Å²) in [6, 6.07) is 15.5. The van der Waals surface area contributed by atoms with Gasteiger partial charge in [-0.15, -0.1) is 0 Å². The average Bonchev–Trinajstić information content (AvgIpc) is 2.91. The van der Waals surface area contributed by atoms with E-state index in [9.17, 15) is 12.8 Å². The molecule has 2 unspecified atom stereocenters. The normalized spacial score (nSPS) is 22.8. The van der Waals surface area contributed by atoms with Crippen molar-refractivity contribution >= 4 is 10.0 Å². The zero-order chi connectivity index (χ0) is 15.7. The fourth-order valence-corrected chi connectivity index (χ4v) is 4.50. The topological polar surface area (TPSA) is 37.4 Å². The molecular formula is C17H18FNO2S. The molecule has 22 heavy (non-hydrogen) atoms. The van der Waals surface area contributed by atoms with Crippen LogP contribution in [0.25, 0.3) is 0 Å². The molecule has 2 aromatic rings. The maximum absolute atomic E-state index is 13.9. The van der Waals surface area contributed by atoms with Gasteiger partial charge in [-0.25, -0.2) is 12.8 Å². The molecule has 1 aliphatic heterocycles. The van der Waals surface area contributed by atoms with Crippen LogP contribution in [0.2, 0.25) is 0 Å². The van der Waals surface area contributed by atoms with E-state index >= 15 is 0 Å². The summed E-state index contributed by atoms with van der Waals surface area (Å²) in [5.41, 5.74) is 1.82. The molecule has 0 N–H and O–H groups in total. The Labute approximate surface area is 130 Å². The summed E-state index contributed by atoms with van der Waals surface area (Å²) >= 11 is 0. The van der Waals surface area contributed by atoms with Gasteiger partial charge in [0, 0.05) is 13.0 Å².